The first-order valence-corrected chi connectivity index (χ1v) is 9.06. The molecule has 0 heterocycles. The third kappa shape index (κ3) is 6.05. The van der Waals surface area contributed by atoms with Gasteiger partial charge in [0.2, 0.25) is 11.8 Å². The highest BCUT2D eigenvalue weighted by molar-refractivity contribution is 8.00. The molecule has 0 aromatic heterocycles. The zero-order valence-electron chi connectivity index (χ0n) is 13.8. The van der Waals surface area contributed by atoms with E-state index < -0.39 is 4.92 Å². The Labute approximate surface area is 159 Å². The number of rotatable bonds is 7. The van der Waals surface area contributed by atoms with Gasteiger partial charge in [0.1, 0.15) is 0 Å². The van der Waals surface area contributed by atoms with E-state index in [1.54, 1.807) is 37.3 Å². The van der Waals surface area contributed by atoms with E-state index in [1.165, 1.54) is 12.1 Å². The van der Waals surface area contributed by atoms with Crippen LogP contribution in [0.15, 0.2) is 42.5 Å². The molecule has 0 aliphatic rings. The zero-order chi connectivity index (χ0) is 19.1. The fourth-order valence-electron chi connectivity index (χ4n) is 2.01. The Bertz CT molecular complexity index is 827. The summed E-state index contributed by atoms with van der Waals surface area (Å²) in [5, 5.41) is 16.7. The van der Waals surface area contributed by atoms with E-state index in [0.717, 1.165) is 17.3 Å². The lowest BCUT2D eigenvalue weighted by atomic mass is 10.2. The number of nitro groups is 1. The molecular weight excluding hydrogens is 378 g/mol. The predicted molar refractivity (Wildman–Crippen MR) is 104 cm³/mol. The second-order valence-electron chi connectivity index (χ2n) is 5.35. The number of aryl methyl sites for hydroxylation is 1. The van der Waals surface area contributed by atoms with Crippen LogP contribution in [0, 0.1) is 17.0 Å². The lowest BCUT2D eigenvalue weighted by Gasteiger charge is -2.08. The number of hydrogen-bond acceptors (Lipinski definition) is 5. The summed E-state index contributed by atoms with van der Waals surface area (Å²) in [7, 11) is 0. The smallest absolute Gasteiger partial charge is 0.271 e. The maximum absolute atomic E-state index is 12.0. The van der Waals surface area contributed by atoms with E-state index in [1.807, 2.05) is 0 Å². The average molecular weight is 394 g/mol. The Kier molecular flexibility index (Phi) is 6.99. The molecule has 26 heavy (non-hydrogen) atoms. The lowest BCUT2D eigenvalue weighted by Crippen LogP contribution is -2.18. The number of halogens is 1. The van der Waals surface area contributed by atoms with Crippen LogP contribution < -0.4 is 10.6 Å². The van der Waals surface area contributed by atoms with E-state index >= 15 is 0 Å². The summed E-state index contributed by atoms with van der Waals surface area (Å²) in [5.74, 6) is -0.422. The van der Waals surface area contributed by atoms with Gasteiger partial charge in [-0.1, -0.05) is 17.7 Å². The Hall–Kier alpha value is -2.58. The minimum Gasteiger partial charge on any atom is -0.325 e. The van der Waals surface area contributed by atoms with Crippen molar-refractivity contribution in [1.29, 1.82) is 0 Å². The molecule has 0 radical (unpaired) electrons. The molecule has 2 N–H and O–H groups in total. The second-order valence-corrected chi connectivity index (χ2v) is 6.77. The van der Waals surface area contributed by atoms with Gasteiger partial charge in [-0.2, -0.15) is 0 Å². The van der Waals surface area contributed by atoms with Crippen molar-refractivity contribution in [3.8, 4) is 0 Å². The number of carbonyl (C=O) groups excluding carboxylic acids is 2. The third-order valence-electron chi connectivity index (χ3n) is 3.30. The second kappa shape index (κ2) is 9.21. The Morgan fingerprint density at radius 2 is 1.69 bits per heavy atom. The van der Waals surface area contributed by atoms with Gasteiger partial charge in [0.05, 0.1) is 22.1 Å². The van der Waals surface area contributed by atoms with E-state index in [0.29, 0.717) is 16.4 Å². The zero-order valence-corrected chi connectivity index (χ0v) is 15.4. The van der Waals surface area contributed by atoms with Crippen LogP contribution in [-0.2, 0) is 9.59 Å². The molecule has 0 saturated carbocycles. The van der Waals surface area contributed by atoms with Crippen LogP contribution in [0.5, 0.6) is 0 Å². The first-order chi connectivity index (χ1) is 12.3. The van der Waals surface area contributed by atoms with E-state index in [-0.39, 0.29) is 29.0 Å². The van der Waals surface area contributed by atoms with Crippen LogP contribution in [0.4, 0.5) is 17.1 Å². The van der Waals surface area contributed by atoms with Gasteiger partial charge in [-0.05, 0) is 36.8 Å². The molecule has 2 rings (SSSR count). The molecule has 7 nitrogen and oxygen atoms in total. The standard InChI is InChI=1S/C17H16ClN3O4S/c1-11-2-7-14(21(24)25)8-15(11)20-17(23)10-26-9-16(22)19-13-5-3-12(18)4-6-13/h2-8H,9-10H2,1H3,(H,19,22)(H,20,23). The average Bonchev–Trinajstić information content (AvgIpc) is 2.58. The molecule has 0 unspecified atom stereocenters. The van der Waals surface area contributed by atoms with Crippen molar-refractivity contribution in [3.05, 3.63) is 63.2 Å². The molecule has 0 fully saturated rings. The van der Waals surface area contributed by atoms with Crippen LogP contribution in [-0.4, -0.2) is 28.2 Å². The fourth-order valence-corrected chi connectivity index (χ4v) is 2.75. The largest absolute Gasteiger partial charge is 0.325 e. The number of nitrogens with one attached hydrogen (secondary N) is 2. The SMILES string of the molecule is Cc1ccc([N+](=O)[O-])cc1NC(=O)CSCC(=O)Nc1ccc(Cl)cc1. The van der Waals surface area contributed by atoms with Gasteiger partial charge in [0.15, 0.2) is 0 Å². The number of benzene rings is 2. The molecule has 9 heteroatoms. The first kappa shape index (κ1) is 19.7. The molecule has 0 aliphatic carbocycles. The molecule has 0 bridgehead atoms. The fraction of sp³-hybridized carbons (Fsp3) is 0.176. The number of anilines is 2. The van der Waals surface area contributed by atoms with E-state index in [2.05, 4.69) is 10.6 Å². The maximum atomic E-state index is 12.0. The summed E-state index contributed by atoms with van der Waals surface area (Å²) >= 11 is 6.92. The van der Waals surface area contributed by atoms with Crippen molar-refractivity contribution in [3.63, 3.8) is 0 Å². The van der Waals surface area contributed by atoms with Gasteiger partial charge in [0, 0.05) is 22.8 Å². The Morgan fingerprint density at radius 3 is 2.31 bits per heavy atom. The Balaban J connectivity index is 1.80. The van der Waals surface area contributed by atoms with Crippen molar-refractivity contribution in [2.24, 2.45) is 0 Å². The van der Waals surface area contributed by atoms with Crippen LogP contribution in [0.25, 0.3) is 0 Å². The van der Waals surface area contributed by atoms with Crippen LogP contribution in [0.3, 0.4) is 0 Å². The highest BCUT2D eigenvalue weighted by Crippen LogP contribution is 2.22. The van der Waals surface area contributed by atoms with Crippen LogP contribution in [0.2, 0.25) is 5.02 Å². The monoisotopic (exact) mass is 393 g/mol. The van der Waals surface area contributed by atoms with Crippen molar-refractivity contribution in [1.82, 2.24) is 0 Å². The highest BCUT2D eigenvalue weighted by Gasteiger charge is 2.12. The third-order valence-corrected chi connectivity index (χ3v) is 4.48. The van der Waals surface area contributed by atoms with Crippen LogP contribution >= 0.6 is 23.4 Å². The molecule has 0 aliphatic heterocycles. The number of nitro benzene ring substituents is 1. The molecular formula is C17H16ClN3O4S. The molecule has 0 saturated heterocycles. The normalized spacial score (nSPS) is 10.2. The van der Waals surface area contributed by atoms with Gasteiger partial charge in [0.25, 0.3) is 5.69 Å². The van der Waals surface area contributed by atoms with Gasteiger partial charge in [-0.15, -0.1) is 11.8 Å². The van der Waals surface area contributed by atoms with Gasteiger partial charge in [-0.3, -0.25) is 19.7 Å². The van der Waals surface area contributed by atoms with Gasteiger partial charge < -0.3 is 10.6 Å². The number of non-ortho nitro benzene ring substituents is 1. The number of nitrogens with zero attached hydrogens (tertiary/aromatic N) is 1. The summed E-state index contributed by atoms with van der Waals surface area (Å²) in [4.78, 5) is 34.1. The van der Waals surface area contributed by atoms with Gasteiger partial charge >= 0.3 is 0 Å². The molecule has 0 atom stereocenters. The topological polar surface area (TPSA) is 101 Å². The number of thioether (sulfide) groups is 1. The van der Waals surface area contributed by atoms with E-state index in [9.17, 15) is 19.7 Å². The number of hydrogen-bond donors (Lipinski definition) is 2. The summed E-state index contributed by atoms with van der Waals surface area (Å²) in [5.41, 5.74) is 1.63. The minimum absolute atomic E-state index is 0.0518. The number of carbonyl (C=O) groups is 2. The predicted octanol–water partition coefficient (Wildman–Crippen LogP) is 3.87. The number of amides is 2. The molecule has 2 amide bonds. The quantitative estimate of drug-likeness (QED) is 0.549. The highest BCUT2D eigenvalue weighted by atomic mass is 35.5. The van der Waals surface area contributed by atoms with Crippen molar-refractivity contribution in [2.75, 3.05) is 22.1 Å². The lowest BCUT2D eigenvalue weighted by molar-refractivity contribution is -0.384. The summed E-state index contributed by atoms with van der Waals surface area (Å²) in [6, 6.07) is 11.0. The van der Waals surface area contributed by atoms with E-state index in [4.69, 9.17) is 11.6 Å². The molecule has 2 aromatic rings. The maximum Gasteiger partial charge on any atom is 0.271 e. The summed E-state index contributed by atoms with van der Waals surface area (Å²) < 4.78 is 0. The molecule has 2 aromatic carbocycles. The summed E-state index contributed by atoms with van der Waals surface area (Å²) in [6.45, 7) is 1.74. The molecule has 0 spiro atoms. The Morgan fingerprint density at radius 1 is 1.08 bits per heavy atom. The van der Waals surface area contributed by atoms with Crippen molar-refractivity contribution < 1.29 is 14.5 Å². The van der Waals surface area contributed by atoms with Crippen molar-refractivity contribution >= 4 is 52.2 Å². The minimum atomic E-state index is -0.523. The van der Waals surface area contributed by atoms with Gasteiger partial charge in [-0.25, -0.2) is 0 Å². The first-order valence-electron chi connectivity index (χ1n) is 7.53. The van der Waals surface area contributed by atoms with Crippen molar-refractivity contribution in [2.45, 2.75) is 6.92 Å². The summed E-state index contributed by atoms with van der Waals surface area (Å²) in [6.07, 6.45) is 0. The molecule has 136 valence electrons. The van der Waals surface area contributed by atoms with Crippen LogP contribution in [0.1, 0.15) is 5.56 Å².